The van der Waals surface area contributed by atoms with Crippen molar-refractivity contribution in [2.24, 2.45) is 0 Å². The van der Waals surface area contributed by atoms with Crippen molar-refractivity contribution in [1.82, 2.24) is 25.5 Å². The van der Waals surface area contributed by atoms with Gasteiger partial charge in [0.15, 0.2) is 0 Å². The average Bonchev–Trinajstić information content (AvgIpc) is 3.14. The van der Waals surface area contributed by atoms with Crippen LogP contribution in [0.4, 0.5) is 4.39 Å². The van der Waals surface area contributed by atoms with Gasteiger partial charge < -0.3 is 5.32 Å². The molecule has 0 bridgehead atoms. The smallest absolute Gasteiger partial charge is 0.230 e. The quantitative estimate of drug-likeness (QED) is 0.605. The van der Waals surface area contributed by atoms with Crippen molar-refractivity contribution >= 4 is 29.3 Å². The molecule has 27 heavy (non-hydrogen) atoms. The molecule has 140 valence electrons. The number of hydrogen-bond acceptors (Lipinski definition) is 5. The van der Waals surface area contributed by atoms with E-state index in [1.165, 1.54) is 28.6 Å². The summed E-state index contributed by atoms with van der Waals surface area (Å²) in [6, 6.07) is 13.2. The van der Waals surface area contributed by atoms with Crippen molar-refractivity contribution in [3.63, 3.8) is 0 Å². The van der Waals surface area contributed by atoms with Crippen LogP contribution in [0, 0.1) is 5.82 Å². The monoisotopic (exact) mass is 405 g/mol. The molecule has 1 amide bonds. The van der Waals surface area contributed by atoms with Crippen LogP contribution in [0.15, 0.2) is 53.7 Å². The number of tetrazole rings is 1. The predicted molar refractivity (Wildman–Crippen MR) is 102 cm³/mol. The van der Waals surface area contributed by atoms with E-state index in [1.807, 2.05) is 19.1 Å². The van der Waals surface area contributed by atoms with Crippen molar-refractivity contribution in [2.45, 2.75) is 24.5 Å². The topological polar surface area (TPSA) is 72.7 Å². The Kier molecular flexibility index (Phi) is 6.41. The van der Waals surface area contributed by atoms with Crippen molar-refractivity contribution in [2.75, 3.05) is 5.75 Å². The zero-order chi connectivity index (χ0) is 19.2. The summed E-state index contributed by atoms with van der Waals surface area (Å²) in [5.41, 5.74) is 1.49. The maximum absolute atomic E-state index is 13.4. The van der Waals surface area contributed by atoms with E-state index >= 15 is 0 Å². The van der Waals surface area contributed by atoms with Gasteiger partial charge in [-0.05, 0) is 52.7 Å². The predicted octanol–water partition coefficient (Wildman–Crippen LogP) is 3.81. The van der Waals surface area contributed by atoms with Crippen LogP contribution in [0.5, 0.6) is 0 Å². The summed E-state index contributed by atoms with van der Waals surface area (Å²) in [6.45, 7) is 2.00. The van der Waals surface area contributed by atoms with Gasteiger partial charge in [-0.25, -0.2) is 4.39 Å². The Bertz CT molecular complexity index is 918. The standard InChI is InChI=1S/C18H17ClFN5OS/c1-2-16(12-6-8-13(19)9-7-12)21-17(26)11-27-18-22-23-24-25(18)15-5-3-4-14(20)10-15/h3-10,16H,2,11H2,1H3,(H,21,26). The van der Waals surface area contributed by atoms with Gasteiger partial charge in [0.25, 0.3) is 0 Å². The molecule has 1 N–H and O–H groups in total. The van der Waals surface area contributed by atoms with E-state index in [1.54, 1.807) is 24.3 Å². The fourth-order valence-electron chi connectivity index (χ4n) is 2.52. The Balaban J connectivity index is 1.63. The van der Waals surface area contributed by atoms with E-state index in [0.717, 1.165) is 12.0 Å². The minimum Gasteiger partial charge on any atom is -0.349 e. The number of benzene rings is 2. The molecule has 0 radical (unpaired) electrons. The summed E-state index contributed by atoms with van der Waals surface area (Å²) in [6.07, 6.45) is 0.749. The number of halogens is 2. The van der Waals surface area contributed by atoms with E-state index in [-0.39, 0.29) is 23.5 Å². The van der Waals surface area contributed by atoms with Crippen molar-refractivity contribution in [3.8, 4) is 5.69 Å². The minimum atomic E-state index is -0.384. The fraction of sp³-hybridized carbons (Fsp3) is 0.222. The molecule has 1 heterocycles. The molecular weight excluding hydrogens is 389 g/mol. The number of nitrogens with zero attached hydrogens (tertiary/aromatic N) is 4. The Hall–Kier alpha value is -2.45. The molecule has 1 aromatic heterocycles. The van der Waals surface area contributed by atoms with E-state index in [9.17, 15) is 9.18 Å². The van der Waals surface area contributed by atoms with Crippen LogP contribution in [0.25, 0.3) is 5.69 Å². The number of carbonyl (C=O) groups excluding carboxylic acids is 1. The van der Waals surface area contributed by atoms with Crippen LogP contribution in [0.1, 0.15) is 24.9 Å². The summed E-state index contributed by atoms with van der Waals surface area (Å²) < 4.78 is 14.8. The van der Waals surface area contributed by atoms with E-state index in [4.69, 9.17) is 11.6 Å². The van der Waals surface area contributed by atoms with Crippen LogP contribution >= 0.6 is 23.4 Å². The minimum absolute atomic E-state index is 0.102. The molecule has 1 unspecified atom stereocenters. The number of aromatic nitrogens is 4. The SMILES string of the molecule is CCC(NC(=O)CSc1nnnn1-c1cccc(F)c1)c1ccc(Cl)cc1. The second kappa shape index (κ2) is 8.96. The van der Waals surface area contributed by atoms with Gasteiger partial charge in [-0.15, -0.1) is 5.10 Å². The first-order valence-electron chi connectivity index (χ1n) is 8.28. The number of nitrogens with one attached hydrogen (secondary N) is 1. The number of hydrogen-bond donors (Lipinski definition) is 1. The zero-order valence-electron chi connectivity index (χ0n) is 14.5. The van der Waals surface area contributed by atoms with Crippen molar-refractivity contribution in [1.29, 1.82) is 0 Å². The molecule has 3 rings (SSSR count). The lowest BCUT2D eigenvalue weighted by Crippen LogP contribution is -2.29. The first-order valence-corrected chi connectivity index (χ1v) is 9.65. The summed E-state index contributed by atoms with van der Waals surface area (Å²) >= 11 is 7.10. The van der Waals surface area contributed by atoms with Crippen LogP contribution in [0.2, 0.25) is 5.02 Å². The summed E-state index contributed by atoms with van der Waals surface area (Å²) in [7, 11) is 0. The van der Waals surface area contributed by atoms with Crippen LogP contribution in [0.3, 0.4) is 0 Å². The van der Waals surface area contributed by atoms with Crippen LogP contribution < -0.4 is 5.32 Å². The average molecular weight is 406 g/mol. The third kappa shape index (κ3) is 5.05. The lowest BCUT2D eigenvalue weighted by molar-refractivity contribution is -0.119. The van der Waals surface area contributed by atoms with Gasteiger partial charge >= 0.3 is 0 Å². The number of rotatable bonds is 7. The highest BCUT2D eigenvalue weighted by Gasteiger charge is 2.15. The molecule has 0 aliphatic heterocycles. The summed E-state index contributed by atoms with van der Waals surface area (Å²) in [5, 5.41) is 15.4. The lowest BCUT2D eigenvalue weighted by atomic mass is 10.0. The Morgan fingerprint density at radius 1 is 1.30 bits per heavy atom. The molecule has 0 aliphatic rings. The van der Waals surface area contributed by atoms with Gasteiger partial charge in [0.2, 0.25) is 11.1 Å². The number of carbonyl (C=O) groups is 1. The van der Waals surface area contributed by atoms with Crippen molar-refractivity contribution in [3.05, 3.63) is 64.9 Å². The fourth-order valence-corrected chi connectivity index (χ4v) is 3.35. The molecule has 0 spiro atoms. The van der Waals surface area contributed by atoms with Gasteiger partial charge in [0.05, 0.1) is 17.5 Å². The Morgan fingerprint density at radius 2 is 2.07 bits per heavy atom. The van der Waals surface area contributed by atoms with E-state index in [2.05, 4.69) is 20.8 Å². The maximum Gasteiger partial charge on any atom is 0.230 e. The molecule has 9 heteroatoms. The van der Waals surface area contributed by atoms with Gasteiger partial charge in [0.1, 0.15) is 5.82 Å². The van der Waals surface area contributed by atoms with E-state index < -0.39 is 0 Å². The number of thioether (sulfide) groups is 1. The van der Waals surface area contributed by atoms with Gasteiger partial charge in [-0.2, -0.15) is 4.68 Å². The van der Waals surface area contributed by atoms with Gasteiger partial charge in [-0.3, -0.25) is 4.79 Å². The van der Waals surface area contributed by atoms with Crippen molar-refractivity contribution < 1.29 is 9.18 Å². The summed E-state index contributed by atoms with van der Waals surface area (Å²) in [5.74, 6) is -0.388. The molecule has 0 aliphatic carbocycles. The lowest BCUT2D eigenvalue weighted by Gasteiger charge is -2.17. The van der Waals surface area contributed by atoms with E-state index in [0.29, 0.717) is 15.9 Å². The maximum atomic E-state index is 13.4. The Labute approximate surface area is 165 Å². The number of amides is 1. The zero-order valence-corrected chi connectivity index (χ0v) is 16.0. The largest absolute Gasteiger partial charge is 0.349 e. The molecule has 0 saturated heterocycles. The second-order valence-corrected chi connectivity index (χ2v) is 7.10. The first kappa shape index (κ1) is 19.3. The molecule has 6 nitrogen and oxygen atoms in total. The molecule has 3 aromatic rings. The van der Waals surface area contributed by atoms with Gasteiger partial charge in [0, 0.05) is 5.02 Å². The normalized spacial score (nSPS) is 12.0. The molecule has 0 saturated carbocycles. The highest BCUT2D eigenvalue weighted by atomic mass is 35.5. The molecular formula is C18H17ClFN5OS. The molecule has 1 atom stereocenters. The summed E-state index contributed by atoms with van der Waals surface area (Å²) in [4.78, 5) is 12.4. The highest BCUT2D eigenvalue weighted by molar-refractivity contribution is 7.99. The third-order valence-electron chi connectivity index (χ3n) is 3.84. The van der Waals surface area contributed by atoms with Crippen LogP contribution in [-0.2, 0) is 4.79 Å². The highest BCUT2D eigenvalue weighted by Crippen LogP contribution is 2.21. The first-order chi connectivity index (χ1) is 13.1. The van der Waals surface area contributed by atoms with Gasteiger partial charge in [-0.1, -0.05) is 48.5 Å². The third-order valence-corrected chi connectivity index (χ3v) is 5.01. The van der Waals surface area contributed by atoms with Crippen LogP contribution in [-0.4, -0.2) is 31.9 Å². The molecule has 0 fully saturated rings. The second-order valence-electron chi connectivity index (χ2n) is 5.72. The Morgan fingerprint density at radius 3 is 2.78 bits per heavy atom. The molecule has 2 aromatic carbocycles.